The van der Waals surface area contributed by atoms with Gasteiger partial charge in [0.1, 0.15) is 0 Å². The molecule has 0 amide bonds. The summed E-state index contributed by atoms with van der Waals surface area (Å²) in [6.07, 6.45) is 1.24. The zero-order valence-electron chi connectivity index (χ0n) is 4.84. The molecule has 0 saturated carbocycles. The molecule has 0 aromatic carbocycles. The largest absolute Gasteiger partial charge is 0.368 e. The molecule has 0 heterocycles. The molecular weight excluding hydrogens is 104 g/mol. The van der Waals surface area contributed by atoms with Crippen molar-refractivity contribution < 1.29 is 9.84 Å². The molecule has 0 rings (SSSR count). The second kappa shape index (κ2) is 4.81. The standard InChI is InChI=1S/C6H11O2/c1-3-5-8-6(7)4-2/h3,6-7H,1-2,4-5H2. The lowest BCUT2D eigenvalue weighted by Gasteiger charge is -2.05. The second-order valence-corrected chi connectivity index (χ2v) is 1.37. The molecule has 0 bridgehead atoms. The molecule has 0 spiro atoms. The Balaban J connectivity index is 2.97. The van der Waals surface area contributed by atoms with Gasteiger partial charge in [-0.05, 0) is 13.3 Å². The van der Waals surface area contributed by atoms with Crippen LogP contribution in [0.5, 0.6) is 0 Å². The van der Waals surface area contributed by atoms with Crippen LogP contribution in [0, 0.1) is 6.92 Å². The molecule has 47 valence electrons. The SMILES string of the molecule is [CH2]CC(O)OCC=C. The van der Waals surface area contributed by atoms with Gasteiger partial charge < -0.3 is 9.84 Å². The molecule has 1 atom stereocenters. The third-order valence-electron chi connectivity index (χ3n) is 0.653. The fourth-order valence-corrected chi connectivity index (χ4v) is 0.262. The first kappa shape index (κ1) is 7.66. The maximum absolute atomic E-state index is 8.66. The van der Waals surface area contributed by atoms with Gasteiger partial charge in [-0.2, -0.15) is 0 Å². The van der Waals surface area contributed by atoms with Crippen molar-refractivity contribution in [3.63, 3.8) is 0 Å². The van der Waals surface area contributed by atoms with E-state index in [1.54, 1.807) is 6.08 Å². The van der Waals surface area contributed by atoms with Gasteiger partial charge in [0.05, 0.1) is 6.61 Å². The monoisotopic (exact) mass is 115 g/mol. The van der Waals surface area contributed by atoms with E-state index in [1.807, 2.05) is 0 Å². The maximum Gasteiger partial charge on any atom is 0.154 e. The topological polar surface area (TPSA) is 29.5 Å². The summed E-state index contributed by atoms with van der Waals surface area (Å²) in [5.74, 6) is 0. The Morgan fingerprint density at radius 2 is 2.38 bits per heavy atom. The first-order valence-electron chi connectivity index (χ1n) is 2.51. The Labute approximate surface area is 49.8 Å². The summed E-state index contributed by atoms with van der Waals surface area (Å²) < 4.78 is 4.72. The van der Waals surface area contributed by atoms with Crippen molar-refractivity contribution in [3.05, 3.63) is 19.6 Å². The van der Waals surface area contributed by atoms with Crippen molar-refractivity contribution in [2.45, 2.75) is 12.7 Å². The fourth-order valence-electron chi connectivity index (χ4n) is 0.262. The highest BCUT2D eigenvalue weighted by Gasteiger charge is 1.94. The summed E-state index contributed by atoms with van der Waals surface area (Å²) in [5.41, 5.74) is 0. The Hall–Kier alpha value is -0.340. The van der Waals surface area contributed by atoms with Crippen LogP contribution in [-0.4, -0.2) is 18.0 Å². The highest BCUT2D eigenvalue weighted by Crippen LogP contribution is 1.90. The molecule has 2 nitrogen and oxygen atoms in total. The molecular formula is C6H11O2. The highest BCUT2D eigenvalue weighted by molar-refractivity contribution is 4.64. The molecule has 8 heavy (non-hydrogen) atoms. The summed E-state index contributed by atoms with van der Waals surface area (Å²) in [4.78, 5) is 0. The van der Waals surface area contributed by atoms with E-state index in [0.717, 1.165) is 0 Å². The van der Waals surface area contributed by atoms with Gasteiger partial charge in [0.25, 0.3) is 0 Å². The third-order valence-corrected chi connectivity index (χ3v) is 0.653. The van der Waals surface area contributed by atoms with Gasteiger partial charge in [0.2, 0.25) is 0 Å². The Morgan fingerprint density at radius 3 is 2.75 bits per heavy atom. The first-order chi connectivity index (χ1) is 3.81. The van der Waals surface area contributed by atoms with Gasteiger partial charge in [-0.15, -0.1) is 6.58 Å². The van der Waals surface area contributed by atoms with Crippen molar-refractivity contribution in [2.24, 2.45) is 0 Å². The number of aliphatic hydroxyl groups is 1. The van der Waals surface area contributed by atoms with Crippen LogP contribution in [0.4, 0.5) is 0 Å². The third kappa shape index (κ3) is 3.84. The Morgan fingerprint density at radius 1 is 1.75 bits per heavy atom. The van der Waals surface area contributed by atoms with Gasteiger partial charge in [0, 0.05) is 0 Å². The van der Waals surface area contributed by atoms with Crippen molar-refractivity contribution in [2.75, 3.05) is 6.61 Å². The predicted octanol–water partition coefficient (Wildman–Crippen LogP) is 0.732. The molecule has 1 radical (unpaired) electrons. The lowest BCUT2D eigenvalue weighted by Crippen LogP contribution is -2.09. The molecule has 2 heteroatoms. The minimum atomic E-state index is -0.729. The van der Waals surface area contributed by atoms with Crippen LogP contribution in [0.2, 0.25) is 0 Å². The summed E-state index contributed by atoms with van der Waals surface area (Å²) in [6.45, 7) is 7.23. The normalized spacial score (nSPS) is 13.2. The highest BCUT2D eigenvalue weighted by atomic mass is 16.6. The molecule has 0 aromatic heterocycles. The predicted molar refractivity (Wildman–Crippen MR) is 32.1 cm³/mol. The first-order valence-corrected chi connectivity index (χ1v) is 2.51. The summed E-state index contributed by atoms with van der Waals surface area (Å²) >= 11 is 0. The summed E-state index contributed by atoms with van der Waals surface area (Å²) in [6, 6.07) is 0. The number of hydrogen-bond acceptors (Lipinski definition) is 2. The molecule has 0 aliphatic rings. The average Bonchev–Trinajstić information content (AvgIpc) is 1.83. The van der Waals surface area contributed by atoms with E-state index < -0.39 is 6.29 Å². The van der Waals surface area contributed by atoms with Crippen LogP contribution in [0.15, 0.2) is 12.7 Å². The van der Waals surface area contributed by atoms with Crippen LogP contribution < -0.4 is 0 Å². The minimum absolute atomic E-state index is 0.383. The van der Waals surface area contributed by atoms with Crippen molar-refractivity contribution in [3.8, 4) is 0 Å². The van der Waals surface area contributed by atoms with Gasteiger partial charge in [0.15, 0.2) is 6.29 Å². The number of rotatable bonds is 4. The van der Waals surface area contributed by atoms with Gasteiger partial charge in [-0.1, -0.05) is 6.08 Å². The molecule has 0 aromatic rings. The smallest absolute Gasteiger partial charge is 0.154 e. The molecule has 1 unspecified atom stereocenters. The van der Waals surface area contributed by atoms with Gasteiger partial charge in [-0.25, -0.2) is 0 Å². The van der Waals surface area contributed by atoms with E-state index in [1.165, 1.54) is 0 Å². The van der Waals surface area contributed by atoms with Gasteiger partial charge >= 0.3 is 0 Å². The number of hydrogen-bond donors (Lipinski definition) is 1. The maximum atomic E-state index is 8.66. The van der Waals surface area contributed by atoms with E-state index in [0.29, 0.717) is 13.0 Å². The fraction of sp³-hybridized carbons (Fsp3) is 0.500. The summed E-state index contributed by atoms with van der Waals surface area (Å²) in [5, 5.41) is 8.66. The van der Waals surface area contributed by atoms with Crippen LogP contribution in [-0.2, 0) is 4.74 Å². The number of ether oxygens (including phenoxy) is 1. The average molecular weight is 115 g/mol. The molecule has 1 N–H and O–H groups in total. The van der Waals surface area contributed by atoms with E-state index in [4.69, 9.17) is 9.84 Å². The van der Waals surface area contributed by atoms with Crippen LogP contribution in [0.25, 0.3) is 0 Å². The second-order valence-electron chi connectivity index (χ2n) is 1.37. The Kier molecular flexibility index (Phi) is 4.61. The van der Waals surface area contributed by atoms with Crippen molar-refractivity contribution in [1.29, 1.82) is 0 Å². The van der Waals surface area contributed by atoms with E-state index in [2.05, 4.69) is 13.5 Å². The Bertz CT molecular complexity index is 61.5. The molecule has 0 saturated heterocycles. The summed E-state index contributed by atoms with van der Waals surface area (Å²) in [7, 11) is 0. The van der Waals surface area contributed by atoms with E-state index in [-0.39, 0.29) is 0 Å². The van der Waals surface area contributed by atoms with E-state index in [9.17, 15) is 0 Å². The van der Waals surface area contributed by atoms with Crippen LogP contribution in [0.1, 0.15) is 6.42 Å². The minimum Gasteiger partial charge on any atom is -0.368 e. The quantitative estimate of drug-likeness (QED) is 0.432. The zero-order valence-corrected chi connectivity index (χ0v) is 4.84. The molecule has 0 aliphatic carbocycles. The lowest BCUT2D eigenvalue weighted by molar-refractivity contribution is -0.0857. The van der Waals surface area contributed by atoms with Crippen LogP contribution >= 0.6 is 0 Å². The van der Waals surface area contributed by atoms with Crippen molar-refractivity contribution in [1.82, 2.24) is 0 Å². The zero-order chi connectivity index (χ0) is 6.41. The van der Waals surface area contributed by atoms with Crippen molar-refractivity contribution >= 4 is 0 Å². The van der Waals surface area contributed by atoms with Crippen LogP contribution in [0.3, 0.4) is 0 Å². The number of aliphatic hydroxyl groups excluding tert-OH is 1. The molecule has 0 aliphatic heterocycles. The van der Waals surface area contributed by atoms with Gasteiger partial charge in [-0.3, -0.25) is 0 Å². The lowest BCUT2D eigenvalue weighted by atomic mass is 10.5. The van der Waals surface area contributed by atoms with E-state index >= 15 is 0 Å². The molecule has 0 fully saturated rings.